The van der Waals surface area contributed by atoms with E-state index < -0.39 is 26.4 Å². The number of hydrogen-bond acceptors (Lipinski definition) is 6. The fourth-order valence-electron chi connectivity index (χ4n) is 1.65. The Morgan fingerprint density at radius 1 is 1.33 bits per heavy atom. The Bertz CT molecular complexity index is 587. The minimum absolute atomic E-state index is 0.237. The quantitative estimate of drug-likeness (QED) is 0.403. The first-order chi connectivity index (χ1) is 9.88. The summed E-state index contributed by atoms with van der Waals surface area (Å²) >= 11 is 0. The Morgan fingerprint density at radius 2 is 2.05 bits per heavy atom. The highest BCUT2D eigenvalue weighted by atomic mass is 32.2. The molecule has 9 heteroatoms. The molecule has 2 N–H and O–H groups in total. The van der Waals surface area contributed by atoms with Gasteiger partial charge in [-0.1, -0.05) is 0 Å². The average molecular weight is 318 g/mol. The second kappa shape index (κ2) is 7.91. The Kier molecular flexibility index (Phi) is 6.53. The average Bonchev–Trinajstić information content (AvgIpc) is 2.42. The molecular formula is C12H18N2O6S. The molecule has 0 radical (unpaired) electrons. The molecule has 1 rings (SSSR count). The lowest BCUT2D eigenvalue weighted by atomic mass is 10.2. The number of sulfonamides is 1. The van der Waals surface area contributed by atoms with E-state index in [0.29, 0.717) is 13.0 Å². The first kappa shape index (κ1) is 17.3. The first-order valence-corrected chi connectivity index (χ1v) is 7.83. The summed E-state index contributed by atoms with van der Waals surface area (Å²) in [4.78, 5) is 9.60. The van der Waals surface area contributed by atoms with Gasteiger partial charge in [0.25, 0.3) is 0 Å². The van der Waals surface area contributed by atoms with E-state index in [4.69, 9.17) is 4.74 Å². The van der Waals surface area contributed by atoms with Gasteiger partial charge in [-0.25, -0.2) is 13.1 Å². The van der Waals surface area contributed by atoms with Crippen LogP contribution in [0.3, 0.4) is 0 Å². The van der Waals surface area contributed by atoms with Crippen LogP contribution in [0.2, 0.25) is 0 Å². The smallest absolute Gasteiger partial charge is 0.312 e. The summed E-state index contributed by atoms with van der Waals surface area (Å²) in [5, 5.41) is 20.0. The number of nitro groups is 1. The first-order valence-electron chi connectivity index (χ1n) is 6.34. The van der Waals surface area contributed by atoms with Crippen LogP contribution in [0.5, 0.6) is 5.75 Å². The highest BCUT2D eigenvalue weighted by Crippen LogP contribution is 2.28. The summed E-state index contributed by atoms with van der Waals surface area (Å²) in [5.41, 5.74) is -0.641. The fraction of sp³-hybridized carbons (Fsp3) is 0.500. The maximum Gasteiger partial charge on any atom is 0.312 e. The summed E-state index contributed by atoms with van der Waals surface area (Å²) in [7, 11) is -2.22. The number of hydrogen-bond donors (Lipinski definition) is 2. The molecular weight excluding hydrogens is 300 g/mol. The number of benzene rings is 1. The number of methoxy groups -OCH3 is 1. The van der Waals surface area contributed by atoms with Gasteiger partial charge in [-0.3, -0.25) is 10.1 Å². The Hall–Kier alpha value is -1.71. The zero-order valence-electron chi connectivity index (χ0n) is 11.6. The number of phenolic OH excluding ortho intramolecular Hbond substituents is 1. The van der Waals surface area contributed by atoms with Crippen molar-refractivity contribution in [3.8, 4) is 5.75 Å². The summed E-state index contributed by atoms with van der Waals surface area (Å²) < 4.78 is 31.2. The predicted octanol–water partition coefficient (Wildman–Crippen LogP) is 1.40. The largest absolute Gasteiger partial charge is 0.502 e. The molecule has 0 saturated carbocycles. The van der Waals surface area contributed by atoms with Gasteiger partial charge in [0.05, 0.1) is 9.82 Å². The maximum atomic E-state index is 12.0. The molecule has 1 aromatic rings. The van der Waals surface area contributed by atoms with E-state index >= 15 is 0 Å². The molecule has 0 bridgehead atoms. The molecule has 0 fully saturated rings. The van der Waals surface area contributed by atoms with Crippen molar-refractivity contribution in [3.63, 3.8) is 0 Å². The van der Waals surface area contributed by atoms with Gasteiger partial charge in [0.2, 0.25) is 10.0 Å². The third kappa shape index (κ3) is 5.29. The second-order valence-electron chi connectivity index (χ2n) is 4.36. The van der Waals surface area contributed by atoms with Crippen LogP contribution in [-0.2, 0) is 14.8 Å². The zero-order chi connectivity index (χ0) is 15.9. The highest BCUT2D eigenvalue weighted by molar-refractivity contribution is 7.89. The lowest BCUT2D eigenvalue weighted by molar-refractivity contribution is -0.386. The van der Waals surface area contributed by atoms with E-state index in [2.05, 4.69) is 4.72 Å². The molecule has 0 aliphatic rings. The van der Waals surface area contributed by atoms with E-state index in [1.165, 1.54) is 0 Å². The lowest BCUT2D eigenvalue weighted by Gasteiger charge is -2.07. The molecule has 0 heterocycles. The number of nitrogens with zero attached hydrogens (tertiary/aromatic N) is 1. The number of nitro benzene ring substituents is 1. The van der Waals surface area contributed by atoms with Crippen molar-refractivity contribution >= 4 is 15.7 Å². The molecule has 118 valence electrons. The summed E-state index contributed by atoms with van der Waals surface area (Å²) in [5.74, 6) is -0.571. The van der Waals surface area contributed by atoms with Crippen LogP contribution in [0.25, 0.3) is 0 Å². The normalized spacial score (nSPS) is 11.5. The van der Waals surface area contributed by atoms with Crippen LogP contribution >= 0.6 is 0 Å². The molecule has 1 aromatic carbocycles. The number of unbranched alkanes of at least 4 members (excludes halogenated alkanes) is 2. The number of ether oxygens (including phenoxy) is 1. The van der Waals surface area contributed by atoms with Gasteiger partial charge in [-0.15, -0.1) is 0 Å². The topological polar surface area (TPSA) is 119 Å². The van der Waals surface area contributed by atoms with Crippen LogP contribution in [0, 0.1) is 10.1 Å². The number of nitrogens with one attached hydrogen (secondary N) is 1. The monoisotopic (exact) mass is 318 g/mol. The number of rotatable bonds is 9. The van der Waals surface area contributed by atoms with Crippen molar-refractivity contribution in [1.82, 2.24) is 4.72 Å². The van der Waals surface area contributed by atoms with Crippen LogP contribution in [-0.4, -0.2) is 38.7 Å². The van der Waals surface area contributed by atoms with Crippen molar-refractivity contribution in [2.45, 2.75) is 24.2 Å². The van der Waals surface area contributed by atoms with Crippen molar-refractivity contribution in [1.29, 1.82) is 0 Å². The summed E-state index contributed by atoms with van der Waals surface area (Å²) in [6.07, 6.45) is 2.29. The molecule has 21 heavy (non-hydrogen) atoms. The molecule has 0 aliphatic carbocycles. The molecule has 0 aliphatic heterocycles. The second-order valence-corrected chi connectivity index (χ2v) is 6.13. The van der Waals surface area contributed by atoms with Crippen molar-refractivity contribution in [3.05, 3.63) is 28.3 Å². The van der Waals surface area contributed by atoms with Crippen LogP contribution in [0.15, 0.2) is 23.1 Å². The third-order valence-corrected chi connectivity index (χ3v) is 4.23. The van der Waals surface area contributed by atoms with Gasteiger partial charge in [0, 0.05) is 26.3 Å². The number of aromatic hydroxyl groups is 1. The van der Waals surface area contributed by atoms with E-state index in [-0.39, 0.29) is 11.4 Å². The Morgan fingerprint density at radius 3 is 2.67 bits per heavy atom. The van der Waals surface area contributed by atoms with Gasteiger partial charge < -0.3 is 9.84 Å². The van der Waals surface area contributed by atoms with Crippen molar-refractivity contribution < 1.29 is 23.2 Å². The molecule has 0 amide bonds. The third-order valence-electron chi connectivity index (χ3n) is 2.77. The Balaban J connectivity index is 2.66. The fourth-order valence-corrected chi connectivity index (χ4v) is 2.75. The summed E-state index contributed by atoms with van der Waals surface area (Å²) in [6.45, 7) is 0.859. The van der Waals surface area contributed by atoms with E-state index in [9.17, 15) is 23.6 Å². The van der Waals surface area contributed by atoms with Crippen molar-refractivity contribution in [2.24, 2.45) is 0 Å². The van der Waals surface area contributed by atoms with E-state index in [1.54, 1.807) is 7.11 Å². The van der Waals surface area contributed by atoms with Gasteiger partial charge in [-0.05, 0) is 31.4 Å². The van der Waals surface area contributed by atoms with Gasteiger partial charge in [0.1, 0.15) is 0 Å². The highest BCUT2D eigenvalue weighted by Gasteiger charge is 2.20. The lowest BCUT2D eigenvalue weighted by Crippen LogP contribution is -2.24. The predicted molar refractivity (Wildman–Crippen MR) is 75.7 cm³/mol. The molecule has 0 atom stereocenters. The van der Waals surface area contributed by atoms with Crippen molar-refractivity contribution in [2.75, 3.05) is 20.3 Å². The molecule has 0 aromatic heterocycles. The van der Waals surface area contributed by atoms with E-state index in [1.807, 2.05) is 0 Å². The standard InChI is InChI=1S/C12H18N2O6S/c1-20-8-4-2-3-7-13-21(18,19)10-5-6-12(15)11(9-10)14(16)17/h5-6,9,13,15H,2-4,7-8H2,1H3. The maximum absolute atomic E-state index is 12.0. The number of phenols is 1. The molecule has 8 nitrogen and oxygen atoms in total. The van der Waals surface area contributed by atoms with Gasteiger partial charge >= 0.3 is 5.69 Å². The van der Waals surface area contributed by atoms with Gasteiger partial charge in [-0.2, -0.15) is 0 Å². The minimum atomic E-state index is -3.82. The van der Waals surface area contributed by atoms with Crippen LogP contribution in [0.1, 0.15) is 19.3 Å². The molecule has 0 saturated heterocycles. The SMILES string of the molecule is COCCCCCNS(=O)(=O)c1ccc(O)c([N+](=O)[O-])c1. The van der Waals surface area contributed by atoms with Crippen LogP contribution in [0.4, 0.5) is 5.69 Å². The van der Waals surface area contributed by atoms with Gasteiger partial charge in [0.15, 0.2) is 5.75 Å². The zero-order valence-corrected chi connectivity index (χ0v) is 12.4. The van der Waals surface area contributed by atoms with E-state index in [0.717, 1.165) is 31.0 Å². The molecule has 0 spiro atoms. The minimum Gasteiger partial charge on any atom is -0.502 e. The Labute approximate surface area is 122 Å². The summed E-state index contributed by atoms with van der Waals surface area (Å²) in [6, 6.07) is 2.95. The molecule has 0 unspecified atom stereocenters. The van der Waals surface area contributed by atoms with Crippen LogP contribution < -0.4 is 4.72 Å².